The number of rotatable bonds is 7. The van der Waals surface area contributed by atoms with Crippen molar-refractivity contribution in [3.63, 3.8) is 0 Å². The summed E-state index contributed by atoms with van der Waals surface area (Å²) < 4.78 is 13.5. The molecular formula is C28H14I9NO7. The first-order chi connectivity index (χ1) is 21.0. The van der Waals surface area contributed by atoms with Crippen LogP contribution in [-0.2, 0) is 11.2 Å². The number of hydrogen-bond donors (Lipinski definition) is 4. The lowest BCUT2D eigenvalue weighted by atomic mass is 10.1. The van der Waals surface area contributed by atoms with Crippen LogP contribution in [-0.4, -0.2) is 33.2 Å². The molecule has 4 aromatic carbocycles. The van der Waals surface area contributed by atoms with Crippen molar-refractivity contribution in [1.82, 2.24) is 0 Å². The number of benzene rings is 4. The lowest BCUT2D eigenvalue weighted by molar-refractivity contribution is -0.136. The Hall–Kier alpha value is 1.46. The first kappa shape index (κ1) is 40.9. The molecular weight excluding hydrogens is 1600 g/mol. The second-order valence-electron chi connectivity index (χ2n) is 8.59. The Morgan fingerprint density at radius 2 is 1.20 bits per heavy atom. The van der Waals surface area contributed by atoms with E-state index >= 15 is 0 Å². The van der Waals surface area contributed by atoms with E-state index in [4.69, 9.17) is 9.84 Å². The summed E-state index contributed by atoms with van der Waals surface area (Å²) in [6.07, 6.45) is -0.0126. The van der Waals surface area contributed by atoms with Crippen LogP contribution < -0.4 is 10.1 Å². The van der Waals surface area contributed by atoms with Gasteiger partial charge in [0.25, 0.3) is 5.91 Å². The molecule has 0 aliphatic heterocycles. The molecule has 17 heteroatoms. The summed E-state index contributed by atoms with van der Waals surface area (Å²) in [5.41, 5.74) is 1.99. The highest BCUT2D eigenvalue weighted by Gasteiger charge is 2.19. The molecule has 4 N–H and O–H groups in total. The number of phenolic OH excluding ortho intramolecular Hbond substituents is 1. The lowest BCUT2D eigenvalue weighted by Crippen LogP contribution is -2.16. The number of anilines is 1. The minimum Gasteiger partial charge on any atom is -0.506 e. The molecule has 4 aromatic rings. The van der Waals surface area contributed by atoms with Gasteiger partial charge >= 0.3 is 11.9 Å². The van der Waals surface area contributed by atoms with Gasteiger partial charge in [0.1, 0.15) is 11.5 Å². The quantitative estimate of drug-likeness (QED) is 0.107. The minimum atomic E-state index is -1.01. The second-order valence-corrected chi connectivity index (χ2v) is 18.9. The van der Waals surface area contributed by atoms with Gasteiger partial charge in [0.15, 0.2) is 5.75 Å². The van der Waals surface area contributed by atoms with Gasteiger partial charge in [-0.25, -0.2) is 4.79 Å². The Labute approximate surface area is 380 Å². The van der Waals surface area contributed by atoms with Gasteiger partial charge in [-0.2, -0.15) is 0 Å². The highest BCUT2D eigenvalue weighted by Crippen LogP contribution is 2.37. The molecule has 0 fully saturated rings. The monoisotopic (exact) mass is 1620 g/mol. The lowest BCUT2D eigenvalue weighted by Gasteiger charge is -2.13. The van der Waals surface area contributed by atoms with Gasteiger partial charge in [-0.3, -0.25) is 9.59 Å². The molecule has 0 spiro atoms. The van der Waals surface area contributed by atoms with Crippen molar-refractivity contribution < 1.29 is 34.4 Å². The van der Waals surface area contributed by atoms with Crippen LogP contribution in [0.2, 0.25) is 0 Å². The number of carbonyl (C=O) groups is 3. The summed E-state index contributed by atoms with van der Waals surface area (Å²) in [7, 11) is 0. The third kappa shape index (κ3) is 11.5. The standard InChI is InChI=1S/C14H6I5NO3.C14H8I4O4/c15-7-2-1-6(14(22)23)10(18)12(7)20-13(21)5-3-8(16)11(19)9(17)4-5;15-8-4-7(5-9(16)13(8)21)22-14-10(17)1-6(2-11(14)18)3-12(19)20/h1-4H,(H,20,21)(H,22,23);1-2,4-5,21H,3H2,(H,19,20). The van der Waals surface area contributed by atoms with Crippen LogP contribution in [0.3, 0.4) is 0 Å². The van der Waals surface area contributed by atoms with Crippen LogP contribution in [0.25, 0.3) is 0 Å². The van der Waals surface area contributed by atoms with E-state index in [0.29, 0.717) is 33.5 Å². The van der Waals surface area contributed by atoms with Crippen molar-refractivity contribution in [3.05, 3.63) is 97.4 Å². The van der Waals surface area contributed by atoms with Crippen LogP contribution >= 0.6 is 203 Å². The van der Waals surface area contributed by atoms with Crippen LogP contribution in [0.1, 0.15) is 26.3 Å². The van der Waals surface area contributed by atoms with E-state index in [1.807, 2.05) is 46.9 Å². The molecule has 1 amide bonds. The molecule has 0 aliphatic carbocycles. The summed E-state index contributed by atoms with van der Waals surface area (Å²) in [5.74, 6) is -0.561. The normalized spacial score (nSPS) is 10.5. The van der Waals surface area contributed by atoms with Crippen molar-refractivity contribution in [1.29, 1.82) is 0 Å². The van der Waals surface area contributed by atoms with Gasteiger partial charge in [0, 0.05) is 19.8 Å². The van der Waals surface area contributed by atoms with Gasteiger partial charge in [-0.05, 0) is 257 Å². The molecule has 0 unspecified atom stereocenters. The molecule has 0 bridgehead atoms. The number of carboxylic acids is 2. The number of nitrogens with one attached hydrogen (secondary N) is 1. The zero-order valence-corrected chi connectivity index (χ0v) is 41.1. The Kier molecular flexibility index (Phi) is 16.9. The van der Waals surface area contributed by atoms with Gasteiger partial charge < -0.3 is 25.4 Å². The summed E-state index contributed by atoms with van der Waals surface area (Å²) in [5, 5.41) is 30.7. The Morgan fingerprint density at radius 1 is 0.667 bits per heavy atom. The van der Waals surface area contributed by atoms with Crippen LogP contribution in [0.4, 0.5) is 5.69 Å². The summed E-state index contributed by atoms with van der Waals surface area (Å²) in [4.78, 5) is 34.6. The SMILES string of the molecule is O=C(Nc1c(I)ccc(C(=O)O)c1I)c1cc(I)c(I)c(I)c1.O=C(O)Cc1cc(I)c(Oc2cc(I)c(O)c(I)c2)c(I)c1. The van der Waals surface area contributed by atoms with Crippen molar-refractivity contribution >= 4 is 227 Å². The Morgan fingerprint density at radius 3 is 1.69 bits per heavy atom. The number of hydrogen-bond acceptors (Lipinski definition) is 5. The topological polar surface area (TPSA) is 133 Å². The third-order valence-corrected chi connectivity index (χ3v) is 15.6. The van der Waals surface area contributed by atoms with Crippen molar-refractivity contribution in [2.75, 3.05) is 5.32 Å². The highest BCUT2D eigenvalue weighted by molar-refractivity contribution is 14.1. The highest BCUT2D eigenvalue weighted by atomic mass is 127. The first-order valence-corrected chi connectivity index (χ1v) is 21.4. The fourth-order valence-electron chi connectivity index (χ4n) is 3.41. The maximum absolute atomic E-state index is 12.5. The number of amides is 1. The van der Waals surface area contributed by atoms with Crippen LogP contribution in [0.5, 0.6) is 17.2 Å². The predicted molar refractivity (Wildman–Crippen MR) is 248 cm³/mol. The summed E-state index contributed by atoms with van der Waals surface area (Å²) >= 11 is 19.0. The average Bonchev–Trinajstić information content (AvgIpc) is 2.94. The molecule has 45 heavy (non-hydrogen) atoms. The van der Waals surface area contributed by atoms with Crippen LogP contribution in [0, 0.1) is 32.1 Å². The Balaban J connectivity index is 0.000000246. The predicted octanol–water partition coefficient (Wildman–Crippen LogP) is 10.9. The third-order valence-electron chi connectivity index (χ3n) is 5.43. The number of halogens is 9. The number of aromatic hydroxyl groups is 1. The van der Waals surface area contributed by atoms with Crippen molar-refractivity contribution in [2.45, 2.75) is 6.42 Å². The molecule has 0 aromatic heterocycles. The van der Waals surface area contributed by atoms with Gasteiger partial charge in [-0.1, -0.05) is 0 Å². The second kappa shape index (κ2) is 18.6. The van der Waals surface area contributed by atoms with E-state index in [2.05, 4.69) is 186 Å². The van der Waals surface area contributed by atoms with E-state index in [1.54, 1.807) is 18.2 Å². The van der Waals surface area contributed by atoms with Crippen LogP contribution in [0.15, 0.2) is 48.5 Å². The molecule has 0 heterocycles. The van der Waals surface area contributed by atoms with Crippen molar-refractivity contribution in [3.8, 4) is 17.2 Å². The molecule has 236 valence electrons. The van der Waals surface area contributed by atoms with Gasteiger partial charge in [0.2, 0.25) is 0 Å². The van der Waals surface area contributed by atoms with E-state index in [-0.39, 0.29) is 23.6 Å². The number of ether oxygens (including phenoxy) is 1. The smallest absolute Gasteiger partial charge is 0.336 e. The minimum absolute atomic E-state index is 0.0126. The fraction of sp³-hybridized carbons (Fsp3) is 0.0357. The maximum atomic E-state index is 12.5. The van der Waals surface area contributed by atoms with Gasteiger partial charge in [-0.15, -0.1) is 0 Å². The van der Waals surface area contributed by atoms with E-state index in [9.17, 15) is 24.6 Å². The number of carbonyl (C=O) groups excluding carboxylic acids is 1. The number of phenols is 1. The summed E-state index contributed by atoms with van der Waals surface area (Å²) in [6.45, 7) is 0. The van der Waals surface area contributed by atoms with E-state index in [0.717, 1.165) is 27.0 Å². The van der Waals surface area contributed by atoms with Gasteiger partial charge in [0.05, 0.1) is 35.5 Å². The molecule has 0 saturated heterocycles. The average molecular weight is 1620 g/mol. The summed E-state index contributed by atoms with van der Waals surface area (Å²) in [6, 6.07) is 14.0. The molecule has 0 atom stereocenters. The van der Waals surface area contributed by atoms with Crippen molar-refractivity contribution in [2.24, 2.45) is 0 Å². The zero-order valence-electron chi connectivity index (χ0n) is 21.7. The Bertz CT molecular complexity index is 1760. The number of carboxylic acid groups (broad SMARTS) is 2. The van der Waals surface area contributed by atoms with E-state index < -0.39 is 11.9 Å². The fourth-order valence-corrected chi connectivity index (χ4v) is 11.3. The molecule has 4 rings (SSSR count). The number of aliphatic carboxylic acids is 1. The molecule has 0 saturated carbocycles. The maximum Gasteiger partial charge on any atom is 0.336 e. The largest absolute Gasteiger partial charge is 0.506 e. The molecule has 8 nitrogen and oxygen atoms in total. The molecule has 0 radical (unpaired) electrons. The zero-order chi connectivity index (χ0) is 33.7. The number of aromatic carboxylic acids is 1. The first-order valence-electron chi connectivity index (χ1n) is 11.7. The molecule has 0 aliphatic rings. The van der Waals surface area contributed by atoms with E-state index in [1.165, 1.54) is 6.07 Å².